The van der Waals surface area contributed by atoms with E-state index in [4.69, 9.17) is 4.74 Å². The highest BCUT2D eigenvalue weighted by atomic mass is 19.4. The van der Waals surface area contributed by atoms with Crippen LogP contribution in [0.5, 0.6) is 11.6 Å². The zero-order valence-electron chi connectivity index (χ0n) is 17.6. The first-order valence-corrected chi connectivity index (χ1v) is 9.73. The highest BCUT2D eigenvalue weighted by Gasteiger charge is 2.33. The summed E-state index contributed by atoms with van der Waals surface area (Å²) in [7, 11) is 5.19. The number of rotatable bonds is 4. The van der Waals surface area contributed by atoms with Crippen molar-refractivity contribution in [3.05, 3.63) is 23.3 Å². The Morgan fingerprint density at radius 2 is 1.94 bits per heavy atom. The van der Waals surface area contributed by atoms with Crippen molar-refractivity contribution in [2.45, 2.75) is 25.6 Å². The molecule has 4 rings (SSSR count). The van der Waals surface area contributed by atoms with Crippen molar-refractivity contribution in [2.75, 3.05) is 32.6 Å². The number of aromatic nitrogens is 4. The number of methoxy groups -OCH3 is 1. The van der Waals surface area contributed by atoms with Gasteiger partial charge in [-0.3, -0.25) is 0 Å². The minimum atomic E-state index is -4.56. The Labute approximate surface area is 176 Å². The molecule has 0 bridgehead atoms. The van der Waals surface area contributed by atoms with Crippen molar-refractivity contribution in [3.63, 3.8) is 0 Å². The molecule has 166 valence electrons. The van der Waals surface area contributed by atoms with Gasteiger partial charge in [0.25, 0.3) is 5.88 Å². The first-order valence-electron chi connectivity index (χ1n) is 9.73. The SMILES string of the molecule is COc1nc2c(nc1NC1CCN(C)C1)nc(-c1c(C)cc(C(F)(F)F)cc1O)n2C. The molecule has 1 atom stereocenters. The molecule has 0 spiro atoms. The van der Waals surface area contributed by atoms with Gasteiger partial charge in [-0.05, 0) is 44.6 Å². The van der Waals surface area contributed by atoms with E-state index < -0.39 is 17.5 Å². The number of halogens is 3. The maximum atomic E-state index is 13.1. The number of aryl methyl sites for hydroxylation is 2. The molecule has 1 aliphatic heterocycles. The van der Waals surface area contributed by atoms with E-state index in [0.717, 1.165) is 25.6 Å². The van der Waals surface area contributed by atoms with Gasteiger partial charge in [-0.25, -0.2) is 9.97 Å². The van der Waals surface area contributed by atoms with Crippen LogP contribution in [-0.2, 0) is 13.2 Å². The van der Waals surface area contributed by atoms with Gasteiger partial charge in [-0.15, -0.1) is 0 Å². The quantitative estimate of drug-likeness (QED) is 0.649. The molecular weight excluding hydrogens is 413 g/mol. The van der Waals surface area contributed by atoms with Gasteiger partial charge in [-0.1, -0.05) is 0 Å². The lowest BCUT2D eigenvalue weighted by molar-refractivity contribution is -0.137. The summed E-state index contributed by atoms with van der Waals surface area (Å²) in [6, 6.07) is 1.88. The number of nitrogens with one attached hydrogen (secondary N) is 1. The van der Waals surface area contributed by atoms with Gasteiger partial charge in [0.1, 0.15) is 11.6 Å². The zero-order valence-corrected chi connectivity index (χ0v) is 17.6. The van der Waals surface area contributed by atoms with E-state index >= 15 is 0 Å². The van der Waals surface area contributed by atoms with E-state index in [-0.39, 0.29) is 23.0 Å². The molecule has 1 aromatic carbocycles. The smallest absolute Gasteiger partial charge is 0.416 e. The van der Waals surface area contributed by atoms with Crippen LogP contribution in [-0.4, -0.2) is 62.8 Å². The Morgan fingerprint density at radius 3 is 2.52 bits per heavy atom. The van der Waals surface area contributed by atoms with Gasteiger partial charge >= 0.3 is 6.18 Å². The summed E-state index contributed by atoms with van der Waals surface area (Å²) in [6.07, 6.45) is -3.61. The van der Waals surface area contributed by atoms with E-state index in [9.17, 15) is 18.3 Å². The molecule has 1 fully saturated rings. The molecule has 2 N–H and O–H groups in total. The normalized spacial score (nSPS) is 17.5. The molecule has 3 aromatic rings. The predicted octanol–water partition coefficient (Wildman–Crippen LogP) is 3.19. The Morgan fingerprint density at radius 1 is 1.19 bits per heavy atom. The van der Waals surface area contributed by atoms with Crippen molar-refractivity contribution < 1.29 is 23.0 Å². The fourth-order valence-electron chi connectivity index (χ4n) is 3.91. The van der Waals surface area contributed by atoms with E-state index in [0.29, 0.717) is 29.1 Å². The maximum absolute atomic E-state index is 13.1. The number of hydrogen-bond acceptors (Lipinski definition) is 7. The van der Waals surface area contributed by atoms with Crippen LogP contribution in [0.1, 0.15) is 17.5 Å². The lowest BCUT2D eigenvalue weighted by atomic mass is 10.0. The molecule has 8 nitrogen and oxygen atoms in total. The van der Waals surface area contributed by atoms with Crippen molar-refractivity contribution >= 4 is 17.1 Å². The molecule has 0 radical (unpaired) electrons. The fraction of sp³-hybridized carbons (Fsp3) is 0.450. The number of imidazole rings is 1. The minimum Gasteiger partial charge on any atom is -0.507 e. The van der Waals surface area contributed by atoms with Gasteiger partial charge < -0.3 is 24.6 Å². The monoisotopic (exact) mass is 436 g/mol. The first-order chi connectivity index (χ1) is 14.6. The second-order valence-electron chi connectivity index (χ2n) is 7.80. The van der Waals surface area contributed by atoms with E-state index in [1.165, 1.54) is 14.0 Å². The van der Waals surface area contributed by atoms with Crippen LogP contribution in [0.2, 0.25) is 0 Å². The molecule has 31 heavy (non-hydrogen) atoms. The number of phenolic OH excluding ortho intramolecular Hbond substituents is 1. The van der Waals surface area contributed by atoms with Crippen molar-refractivity contribution in [3.8, 4) is 23.0 Å². The number of nitrogens with zero attached hydrogens (tertiary/aromatic N) is 5. The molecule has 0 saturated carbocycles. The van der Waals surface area contributed by atoms with E-state index in [1.54, 1.807) is 11.6 Å². The molecule has 1 unspecified atom stereocenters. The summed E-state index contributed by atoms with van der Waals surface area (Å²) >= 11 is 0. The summed E-state index contributed by atoms with van der Waals surface area (Å²) in [6.45, 7) is 3.32. The Bertz CT molecular complexity index is 1120. The number of hydrogen-bond donors (Lipinski definition) is 2. The average molecular weight is 436 g/mol. The van der Waals surface area contributed by atoms with Crippen molar-refractivity contribution in [2.24, 2.45) is 7.05 Å². The number of fused-ring (bicyclic) bond motifs is 1. The van der Waals surface area contributed by atoms with Gasteiger partial charge in [0.2, 0.25) is 0 Å². The third-order valence-corrected chi connectivity index (χ3v) is 5.47. The number of anilines is 1. The maximum Gasteiger partial charge on any atom is 0.416 e. The highest BCUT2D eigenvalue weighted by molar-refractivity contribution is 5.80. The van der Waals surface area contributed by atoms with Crippen LogP contribution in [0, 0.1) is 6.92 Å². The lowest BCUT2D eigenvalue weighted by Crippen LogP contribution is -2.24. The number of phenols is 1. The number of likely N-dealkylation sites (tertiary alicyclic amines) is 1. The Hall–Kier alpha value is -3.08. The third-order valence-electron chi connectivity index (χ3n) is 5.47. The van der Waals surface area contributed by atoms with Crippen LogP contribution in [0.25, 0.3) is 22.7 Å². The lowest BCUT2D eigenvalue weighted by Gasteiger charge is -2.15. The number of likely N-dealkylation sites (N-methyl/N-ethyl adjacent to an activating group) is 1. The number of ether oxygens (including phenoxy) is 1. The molecule has 0 aliphatic carbocycles. The second kappa shape index (κ2) is 7.56. The second-order valence-corrected chi connectivity index (χ2v) is 7.80. The van der Waals surface area contributed by atoms with Crippen LogP contribution in [0.4, 0.5) is 19.0 Å². The summed E-state index contributed by atoms with van der Waals surface area (Å²) in [5.74, 6) is 0.502. The standard InChI is InChI=1S/C20H23F3N6O2/c1-10-7-11(20(21,22)23)8-13(30)14(10)17-26-15-18(29(17)3)27-19(31-4)16(25-15)24-12-5-6-28(2)9-12/h7-8,12,30H,5-6,9H2,1-4H3,(H,24,25). The summed E-state index contributed by atoms with van der Waals surface area (Å²) in [5.41, 5.74) is 0.202. The highest BCUT2D eigenvalue weighted by Crippen LogP contribution is 2.39. The van der Waals surface area contributed by atoms with Crippen molar-refractivity contribution in [1.29, 1.82) is 0 Å². The summed E-state index contributed by atoms with van der Waals surface area (Å²) < 4.78 is 46.2. The molecule has 11 heteroatoms. The van der Waals surface area contributed by atoms with Crippen LogP contribution in [0.15, 0.2) is 12.1 Å². The summed E-state index contributed by atoms with van der Waals surface area (Å²) in [4.78, 5) is 15.7. The molecule has 2 aromatic heterocycles. The van der Waals surface area contributed by atoms with Gasteiger partial charge in [0, 0.05) is 19.6 Å². The van der Waals surface area contributed by atoms with Crippen LogP contribution >= 0.6 is 0 Å². The average Bonchev–Trinajstić information content (AvgIpc) is 3.23. The minimum absolute atomic E-state index is 0.190. The molecule has 3 heterocycles. The Balaban J connectivity index is 1.79. The molecule has 1 aliphatic rings. The molecular formula is C20H23F3N6O2. The first kappa shape index (κ1) is 21.2. The Kier molecular flexibility index (Phi) is 5.16. The predicted molar refractivity (Wildman–Crippen MR) is 109 cm³/mol. The fourth-order valence-corrected chi connectivity index (χ4v) is 3.91. The van der Waals surface area contributed by atoms with Crippen molar-refractivity contribution in [1.82, 2.24) is 24.4 Å². The molecule has 1 saturated heterocycles. The van der Waals surface area contributed by atoms with Gasteiger partial charge in [-0.2, -0.15) is 18.2 Å². The van der Waals surface area contributed by atoms with Gasteiger partial charge in [0.05, 0.1) is 18.2 Å². The number of alkyl halides is 3. The van der Waals surface area contributed by atoms with Crippen LogP contribution < -0.4 is 10.1 Å². The topological polar surface area (TPSA) is 88.3 Å². The summed E-state index contributed by atoms with van der Waals surface area (Å²) in [5, 5.41) is 13.7. The number of aromatic hydroxyl groups is 1. The zero-order chi connectivity index (χ0) is 22.5. The van der Waals surface area contributed by atoms with Gasteiger partial charge in [0.15, 0.2) is 17.1 Å². The van der Waals surface area contributed by atoms with E-state index in [2.05, 4.69) is 25.2 Å². The molecule has 0 amide bonds. The largest absolute Gasteiger partial charge is 0.507 e. The third kappa shape index (κ3) is 3.85. The number of benzene rings is 1. The van der Waals surface area contributed by atoms with Crippen LogP contribution in [0.3, 0.4) is 0 Å². The van der Waals surface area contributed by atoms with E-state index in [1.807, 2.05) is 7.05 Å².